The van der Waals surface area contributed by atoms with E-state index in [-0.39, 0.29) is 6.23 Å². The van der Waals surface area contributed by atoms with Crippen molar-refractivity contribution >= 4 is 16.0 Å². The fourth-order valence-corrected chi connectivity index (χ4v) is 2.07. The Morgan fingerprint density at radius 3 is 2.04 bits per heavy atom. The SMILES string of the molecule is COC1=[NH+]C(OC)c2c(C)ccc(C)c21.O=S(=O)([O-])C(F)(F)F. The summed E-state index contributed by atoms with van der Waals surface area (Å²) in [5.41, 5.74) is -0.882. The lowest BCUT2D eigenvalue weighted by Crippen LogP contribution is -2.72. The fourth-order valence-electron chi connectivity index (χ4n) is 2.07. The summed E-state index contributed by atoms with van der Waals surface area (Å²) < 4.78 is 69.6. The second-order valence-electron chi connectivity index (χ2n) is 4.68. The first-order chi connectivity index (χ1) is 10.4. The zero-order chi connectivity index (χ0) is 18.0. The number of ether oxygens (including phenoxy) is 2. The summed E-state index contributed by atoms with van der Waals surface area (Å²) in [5.74, 6) is 0.804. The Kier molecular flexibility index (Phi) is 5.78. The number of methoxy groups -OCH3 is 2. The molecule has 6 nitrogen and oxygen atoms in total. The number of hydrogen-bond acceptors (Lipinski definition) is 5. The lowest BCUT2D eigenvalue weighted by molar-refractivity contribution is -0.568. The largest absolute Gasteiger partial charge is 0.741 e. The van der Waals surface area contributed by atoms with Crippen LogP contribution in [0.3, 0.4) is 0 Å². The van der Waals surface area contributed by atoms with E-state index in [1.165, 1.54) is 16.7 Å². The summed E-state index contributed by atoms with van der Waals surface area (Å²) in [4.78, 5) is 3.21. The number of fused-ring (bicyclic) bond motifs is 1. The number of rotatable bonds is 1. The first kappa shape index (κ1) is 19.4. The molecule has 1 aliphatic rings. The number of aryl methyl sites for hydroxylation is 2. The van der Waals surface area contributed by atoms with Crippen LogP contribution >= 0.6 is 0 Å². The van der Waals surface area contributed by atoms with Gasteiger partial charge in [-0.25, -0.2) is 8.42 Å². The van der Waals surface area contributed by atoms with Crippen LogP contribution in [0.15, 0.2) is 12.1 Å². The summed E-state index contributed by atoms with van der Waals surface area (Å²) in [6, 6.07) is 4.22. The molecule has 1 aliphatic heterocycles. The van der Waals surface area contributed by atoms with Gasteiger partial charge in [0.1, 0.15) is 5.56 Å². The molecule has 1 aromatic carbocycles. The van der Waals surface area contributed by atoms with Crippen LogP contribution in [0.4, 0.5) is 13.2 Å². The first-order valence-electron chi connectivity index (χ1n) is 6.27. The van der Waals surface area contributed by atoms with Crippen molar-refractivity contribution in [3.63, 3.8) is 0 Å². The van der Waals surface area contributed by atoms with Crippen LogP contribution in [0.1, 0.15) is 28.5 Å². The van der Waals surface area contributed by atoms with Crippen molar-refractivity contribution in [2.45, 2.75) is 25.6 Å². The van der Waals surface area contributed by atoms with Crippen molar-refractivity contribution < 1.29 is 40.6 Å². The van der Waals surface area contributed by atoms with Crippen molar-refractivity contribution in [2.24, 2.45) is 0 Å². The number of halogens is 3. The van der Waals surface area contributed by atoms with E-state index in [4.69, 9.17) is 22.4 Å². The number of nitrogens with one attached hydrogen (secondary N) is 1. The monoisotopic (exact) mass is 355 g/mol. The average Bonchev–Trinajstić information content (AvgIpc) is 2.81. The van der Waals surface area contributed by atoms with E-state index < -0.39 is 15.6 Å². The van der Waals surface area contributed by atoms with Gasteiger partial charge in [0.2, 0.25) is 0 Å². The van der Waals surface area contributed by atoms with Gasteiger partial charge >= 0.3 is 11.4 Å². The molecule has 0 saturated heterocycles. The lowest BCUT2D eigenvalue weighted by atomic mass is 9.98. The van der Waals surface area contributed by atoms with Crippen molar-refractivity contribution in [2.75, 3.05) is 14.2 Å². The molecule has 0 spiro atoms. The fraction of sp³-hybridized carbons (Fsp3) is 0.462. The zero-order valence-corrected chi connectivity index (χ0v) is 13.6. The van der Waals surface area contributed by atoms with Crippen molar-refractivity contribution in [3.8, 4) is 0 Å². The van der Waals surface area contributed by atoms with Crippen molar-refractivity contribution in [1.29, 1.82) is 0 Å². The molecule has 0 amide bonds. The molecule has 0 saturated carbocycles. The summed E-state index contributed by atoms with van der Waals surface area (Å²) >= 11 is 0. The third-order valence-corrected chi connectivity index (χ3v) is 3.71. The normalized spacial score (nSPS) is 17.0. The minimum atomic E-state index is -6.09. The van der Waals surface area contributed by atoms with Crippen LogP contribution in [-0.2, 0) is 19.6 Å². The molecule has 1 heterocycles. The van der Waals surface area contributed by atoms with Crippen LogP contribution in [0.2, 0.25) is 0 Å². The molecule has 1 N–H and O–H groups in total. The molecule has 0 aromatic heterocycles. The summed E-state index contributed by atoms with van der Waals surface area (Å²) in [5, 5.41) is 0. The minimum absolute atomic E-state index is 0.0881. The van der Waals surface area contributed by atoms with Gasteiger partial charge < -0.3 is 14.0 Å². The van der Waals surface area contributed by atoms with E-state index >= 15 is 0 Å². The van der Waals surface area contributed by atoms with Gasteiger partial charge in [-0.15, -0.1) is 0 Å². The Labute approximate surface area is 131 Å². The van der Waals surface area contributed by atoms with Gasteiger partial charge in [-0.2, -0.15) is 18.2 Å². The lowest BCUT2D eigenvalue weighted by Gasteiger charge is -2.08. The highest BCUT2D eigenvalue weighted by Crippen LogP contribution is 2.26. The van der Waals surface area contributed by atoms with E-state index in [9.17, 15) is 13.2 Å². The topological polar surface area (TPSA) is 89.6 Å². The van der Waals surface area contributed by atoms with Gasteiger partial charge in [0, 0.05) is 7.11 Å². The molecule has 2 rings (SSSR count). The maximum Gasteiger partial charge on any atom is 0.485 e. The molecule has 130 valence electrons. The predicted octanol–water partition coefficient (Wildman–Crippen LogP) is 0.487. The quantitative estimate of drug-likeness (QED) is 0.585. The smallest absolute Gasteiger partial charge is 0.485 e. The summed E-state index contributed by atoms with van der Waals surface area (Å²) in [6.07, 6.45) is -0.0881. The highest BCUT2D eigenvalue weighted by molar-refractivity contribution is 7.86. The van der Waals surface area contributed by atoms with E-state index in [0.717, 1.165) is 11.5 Å². The van der Waals surface area contributed by atoms with Crippen molar-refractivity contribution in [3.05, 3.63) is 34.4 Å². The van der Waals surface area contributed by atoms with Crippen LogP contribution < -0.4 is 4.99 Å². The molecule has 0 fully saturated rings. The second kappa shape index (κ2) is 6.85. The Bertz CT molecular complexity index is 713. The molecular weight excluding hydrogens is 339 g/mol. The Balaban J connectivity index is 0.000000284. The molecule has 23 heavy (non-hydrogen) atoms. The Hall–Kier alpha value is -1.65. The van der Waals surface area contributed by atoms with Gasteiger partial charge in [0.15, 0.2) is 10.1 Å². The number of hydrogen-bond donors (Lipinski definition) is 1. The predicted molar refractivity (Wildman–Crippen MR) is 73.5 cm³/mol. The van der Waals surface area contributed by atoms with E-state index in [2.05, 4.69) is 31.0 Å². The Morgan fingerprint density at radius 1 is 1.17 bits per heavy atom. The van der Waals surface area contributed by atoms with Gasteiger partial charge in [0.25, 0.3) is 6.23 Å². The molecule has 10 heteroatoms. The van der Waals surface area contributed by atoms with Gasteiger partial charge in [-0.05, 0) is 25.0 Å². The summed E-state index contributed by atoms with van der Waals surface area (Å²) in [7, 11) is -2.72. The highest BCUT2D eigenvalue weighted by atomic mass is 32.2. The molecule has 0 aliphatic carbocycles. The van der Waals surface area contributed by atoms with E-state index in [1.54, 1.807) is 14.2 Å². The van der Waals surface area contributed by atoms with Gasteiger partial charge in [-0.3, -0.25) is 0 Å². The van der Waals surface area contributed by atoms with Crippen LogP contribution in [0, 0.1) is 13.8 Å². The van der Waals surface area contributed by atoms with Crippen LogP contribution in [0.5, 0.6) is 0 Å². The number of alkyl halides is 3. The molecule has 1 atom stereocenters. The minimum Gasteiger partial charge on any atom is -0.741 e. The maximum absolute atomic E-state index is 10.7. The summed E-state index contributed by atoms with van der Waals surface area (Å²) in [6.45, 7) is 4.17. The molecule has 0 radical (unpaired) electrons. The van der Waals surface area contributed by atoms with Gasteiger partial charge in [-0.1, -0.05) is 12.1 Å². The molecule has 1 unspecified atom stereocenters. The third-order valence-electron chi connectivity index (χ3n) is 3.15. The third kappa shape index (κ3) is 4.21. The molecule has 0 bridgehead atoms. The van der Waals surface area contributed by atoms with E-state index in [0.29, 0.717) is 0 Å². The second-order valence-corrected chi connectivity index (χ2v) is 6.05. The van der Waals surface area contributed by atoms with Crippen LogP contribution in [0.25, 0.3) is 0 Å². The molecular formula is C13H16F3NO5S. The Morgan fingerprint density at radius 2 is 1.65 bits per heavy atom. The van der Waals surface area contributed by atoms with Gasteiger partial charge in [0.05, 0.1) is 12.7 Å². The zero-order valence-electron chi connectivity index (χ0n) is 12.8. The first-order valence-corrected chi connectivity index (χ1v) is 7.67. The van der Waals surface area contributed by atoms with E-state index in [1.807, 2.05) is 0 Å². The molecule has 1 aromatic rings. The van der Waals surface area contributed by atoms with Crippen LogP contribution in [-0.4, -0.2) is 38.6 Å². The average molecular weight is 355 g/mol. The maximum atomic E-state index is 10.7. The standard InChI is InChI=1S/C12H15NO2.CHF3O3S/c1-7-5-6-8(2)10-9(7)11(14-3)13-12(10)15-4;2-1(3,4)8(5,6)7/h5-6,11H,1-4H3;(H,5,6,7). The highest BCUT2D eigenvalue weighted by Gasteiger charge is 2.37. The number of benzene rings is 1. The van der Waals surface area contributed by atoms with Crippen molar-refractivity contribution in [1.82, 2.24) is 0 Å².